The number of allylic oxidation sites excluding steroid dienone is 1. The SMILES string of the molecule is O=C(O)CN1C(=O)C2C=CC=NC2=NC1=S. The van der Waals surface area contributed by atoms with Crippen LogP contribution in [0.25, 0.3) is 0 Å². The van der Waals surface area contributed by atoms with Crippen LogP contribution in [-0.4, -0.2) is 45.6 Å². The summed E-state index contributed by atoms with van der Waals surface area (Å²) in [7, 11) is 0. The van der Waals surface area contributed by atoms with Crippen molar-refractivity contribution in [3.63, 3.8) is 0 Å². The van der Waals surface area contributed by atoms with Gasteiger partial charge in [0.1, 0.15) is 18.3 Å². The van der Waals surface area contributed by atoms with Gasteiger partial charge in [0.2, 0.25) is 11.0 Å². The molecule has 7 heteroatoms. The number of carboxylic acids is 1. The molecule has 0 saturated carbocycles. The zero-order valence-corrected chi connectivity index (χ0v) is 8.85. The first kappa shape index (κ1) is 10.6. The lowest BCUT2D eigenvalue weighted by Crippen LogP contribution is -2.48. The van der Waals surface area contributed by atoms with Gasteiger partial charge in [0.25, 0.3) is 0 Å². The molecule has 2 rings (SSSR count). The highest BCUT2D eigenvalue weighted by atomic mass is 32.1. The Morgan fingerprint density at radius 3 is 3.06 bits per heavy atom. The highest BCUT2D eigenvalue weighted by Gasteiger charge is 2.35. The third-order valence-corrected chi connectivity index (χ3v) is 2.45. The number of dihydropyridines is 1. The molecule has 2 heterocycles. The Balaban J connectivity index is 2.33. The smallest absolute Gasteiger partial charge is 0.323 e. The Kier molecular flexibility index (Phi) is 2.61. The van der Waals surface area contributed by atoms with Crippen LogP contribution in [0, 0.1) is 5.92 Å². The van der Waals surface area contributed by atoms with E-state index in [1.165, 1.54) is 6.21 Å². The molecule has 1 N–H and O–H groups in total. The van der Waals surface area contributed by atoms with Gasteiger partial charge in [0, 0.05) is 6.21 Å². The third-order valence-electron chi connectivity index (χ3n) is 2.14. The number of hydrogen-bond donors (Lipinski definition) is 1. The van der Waals surface area contributed by atoms with Crippen molar-refractivity contribution in [2.75, 3.05) is 6.54 Å². The predicted octanol–water partition coefficient (Wildman–Crippen LogP) is -0.147. The van der Waals surface area contributed by atoms with E-state index in [2.05, 4.69) is 9.98 Å². The number of aliphatic carboxylic acids is 1. The van der Waals surface area contributed by atoms with Crippen molar-refractivity contribution in [3.8, 4) is 0 Å². The molecule has 16 heavy (non-hydrogen) atoms. The first-order valence-corrected chi connectivity index (χ1v) is 4.87. The Morgan fingerprint density at radius 2 is 2.38 bits per heavy atom. The summed E-state index contributed by atoms with van der Waals surface area (Å²) in [5.41, 5.74) is 0. The second-order valence-electron chi connectivity index (χ2n) is 3.21. The molecular weight excluding hydrogens is 230 g/mol. The molecule has 0 fully saturated rings. The van der Waals surface area contributed by atoms with E-state index in [0.29, 0.717) is 5.84 Å². The summed E-state index contributed by atoms with van der Waals surface area (Å²) in [6, 6.07) is 0. The van der Waals surface area contributed by atoms with E-state index >= 15 is 0 Å². The molecule has 0 spiro atoms. The summed E-state index contributed by atoms with van der Waals surface area (Å²) in [4.78, 5) is 31.3. The molecule has 0 radical (unpaired) electrons. The highest BCUT2D eigenvalue weighted by molar-refractivity contribution is 7.80. The summed E-state index contributed by atoms with van der Waals surface area (Å²) in [5, 5.41) is 8.60. The van der Waals surface area contributed by atoms with Crippen LogP contribution in [0.1, 0.15) is 0 Å². The van der Waals surface area contributed by atoms with E-state index in [4.69, 9.17) is 17.3 Å². The van der Waals surface area contributed by atoms with Crippen LogP contribution in [0.4, 0.5) is 0 Å². The van der Waals surface area contributed by atoms with Crippen LogP contribution in [0.2, 0.25) is 0 Å². The van der Waals surface area contributed by atoms with Gasteiger partial charge in [0.05, 0.1) is 0 Å². The van der Waals surface area contributed by atoms with Crippen molar-refractivity contribution in [2.24, 2.45) is 15.9 Å². The lowest BCUT2D eigenvalue weighted by atomic mass is 10.0. The van der Waals surface area contributed by atoms with E-state index in [9.17, 15) is 9.59 Å². The van der Waals surface area contributed by atoms with Crippen molar-refractivity contribution in [1.82, 2.24) is 4.90 Å². The standard InChI is InChI=1S/C9H7N3O3S/c13-6(14)4-12-8(15)5-2-1-3-10-7(5)11-9(12)16/h1-3,5H,4H2,(H,13,14). The minimum Gasteiger partial charge on any atom is -0.480 e. The molecule has 0 aromatic heterocycles. The number of aliphatic imine (C=N–C) groups is 2. The lowest BCUT2D eigenvalue weighted by molar-refractivity contribution is -0.142. The molecular formula is C9H7N3O3S. The number of fused-ring (bicyclic) bond motifs is 1. The van der Waals surface area contributed by atoms with E-state index in [0.717, 1.165) is 4.90 Å². The van der Waals surface area contributed by atoms with Crippen LogP contribution in [0.3, 0.4) is 0 Å². The number of hydrogen-bond acceptors (Lipinski definition) is 4. The Morgan fingerprint density at radius 1 is 1.62 bits per heavy atom. The van der Waals surface area contributed by atoms with E-state index < -0.39 is 24.3 Å². The number of carboxylic acid groups (broad SMARTS) is 1. The molecule has 0 bridgehead atoms. The molecule has 1 amide bonds. The van der Waals surface area contributed by atoms with Crippen molar-refractivity contribution < 1.29 is 14.7 Å². The monoisotopic (exact) mass is 237 g/mol. The summed E-state index contributed by atoms with van der Waals surface area (Å²) in [5.74, 6) is -1.82. The first-order chi connectivity index (χ1) is 7.59. The van der Waals surface area contributed by atoms with Gasteiger partial charge in [-0.15, -0.1) is 0 Å². The average molecular weight is 237 g/mol. The van der Waals surface area contributed by atoms with Gasteiger partial charge in [-0.2, -0.15) is 0 Å². The minimum atomic E-state index is -1.13. The molecule has 6 nitrogen and oxygen atoms in total. The maximum atomic E-state index is 11.9. The normalized spacial score (nSPS) is 23.1. The molecule has 0 aromatic carbocycles. The van der Waals surface area contributed by atoms with Crippen LogP contribution in [0.5, 0.6) is 0 Å². The first-order valence-electron chi connectivity index (χ1n) is 4.46. The zero-order valence-electron chi connectivity index (χ0n) is 8.03. The maximum Gasteiger partial charge on any atom is 0.323 e. The van der Waals surface area contributed by atoms with Gasteiger partial charge >= 0.3 is 5.97 Å². The molecule has 82 valence electrons. The molecule has 0 aliphatic carbocycles. The fourth-order valence-corrected chi connectivity index (χ4v) is 1.69. The fraction of sp³-hybridized carbons (Fsp3) is 0.222. The molecule has 0 saturated heterocycles. The molecule has 2 aliphatic rings. The van der Waals surface area contributed by atoms with Gasteiger partial charge < -0.3 is 5.11 Å². The van der Waals surface area contributed by atoms with Gasteiger partial charge in [-0.1, -0.05) is 6.08 Å². The van der Waals surface area contributed by atoms with Gasteiger partial charge in [-0.3, -0.25) is 14.5 Å². The second kappa shape index (κ2) is 3.93. The number of amidine groups is 1. The fourth-order valence-electron chi connectivity index (χ4n) is 1.44. The van der Waals surface area contributed by atoms with Crippen molar-refractivity contribution in [3.05, 3.63) is 12.2 Å². The number of nitrogens with zero attached hydrogens (tertiary/aromatic N) is 3. The van der Waals surface area contributed by atoms with Crippen molar-refractivity contribution in [2.45, 2.75) is 0 Å². The Bertz CT molecular complexity index is 467. The number of carbonyl (C=O) groups is 2. The van der Waals surface area contributed by atoms with Crippen LogP contribution >= 0.6 is 12.2 Å². The van der Waals surface area contributed by atoms with Crippen molar-refractivity contribution >= 4 is 41.3 Å². The van der Waals surface area contributed by atoms with Crippen LogP contribution in [0.15, 0.2) is 22.1 Å². The van der Waals surface area contributed by atoms with Crippen LogP contribution < -0.4 is 0 Å². The second-order valence-corrected chi connectivity index (χ2v) is 3.58. The van der Waals surface area contributed by atoms with Gasteiger partial charge in [-0.05, 0) is 18.3 Å². The predicted molar refractivity (Wildman–Crippen MR) is 60.5 cm³/mol. The number of rotatable bonds is 2. The van der Waals surface area contributed by atoms with E-state index in [1.54, 1.807) is 12.2 Å². The van der Waals surface area contributed by atoms with Crippen molar-refractivity contribution in [1.29, 1.82) is 0 Å². The lowest BCUT2D eigenvalue weighted by Gasteiger charge is -2.28. The average Bonchev–Trinajstić information content (AvgIpc) is 2.24. The quantitative estimate of drug-likeness (QED) is 0.677. The zero-order chi connectivity index (χ0) is 11.7. The van der Waals surface area contributed by atoms with E-state index in [-0.39, 0.29) is 5.11 Å². The number of carbonyl (C=O) groups excluding carboxylic acids is 1. The Hall–Kier alpha value is -1.89. The van der Waals surface area contributed by atoms with E-state index in [1.807, 2.05) is 0 Å². The minimum absolute atomic E-state index is 0.0499. The third kappa shape index (κ3) is 1.76. The van der Waals surface area contributed by atoms with Gasteiger partial charge in [0.15, 0.2) is 0 Å². The topological polar surface area (TPSA) is 82.3 Å². The number of thiocarbonyl (C=S) groups is 1. The molecule has 1 atom stereocenters. The molecule has 2 aliphatic heterocycles. The summed E-state index contributed by atoms with van der Waals surface area (Å²) in [6.45, 7) is -0.470. The molecule has 1 unspecified atom stereocenters. The molecule has 0 aromatic rings. The summed E-state index contributed by atoms with van der Waals surface area (Å²) in [6.07, 6.45) is 4.75. The highest BCUT2D eigenvalue weighted by Crippen LogP contribution is 2.18. The summed E-state index contributed by atoms with van der Waals surface area (Å²) >= 11 is 4.85. The van der Waals surface area contributed by atoms with Crippen LogP contribution in [-0.2, 0) is 9.59 Å². The van der Waals surface area contributed by atoms with Gasteiger partial charge in [-0.25, -0.2) is 9.98 Å². The summed E-state index contributed by atoms with van der Waals surface area (Å²) < 4.78 is 0. The number of amides is 1. The Labute approximate surface area is 96.0 Å². The maximum absolute atomic E-state index is 11.9. The largest absolute Gasteiger partial charge is 0.480 e.